The summed E-state index contributed by atoms with van der Waals surface area (Å²) < 4.78 is 12.4. The van der Waals surface area contributed by atoms with Crippen molar-refractivity contribution < 1.29 is 34.4 Å². The monoisotopic (exact) mass is 684 g/mol. The molecule has 0 saturated carbocycles. The molecule has 2 aromatic carbocycles. The number of ether oxygens (including phenoxy) is 2. The van der Waals surface area contributed by atoms with E-state index in [-0.39, 0.29) is 45.1 Å². The molecule has 0 radical (unpaired) electrons. The van der Waals surface area contributed by atoms with E-state index < -0.39 is 24.2 Å². The van der Waals surface area contributed by atoms with E-state index in [0.717, 1.165) is 5.56 Å². The summed E-state index contributed by atoms with van der Waals surface area (Å²) in [6.45, 7) is 3.51. The SMILES string of the molecule is C=CCCC(=O)N(Cc1ccc(Cl)cc1)[C@@H]1CC(C(=O)NCCO)=C[C@H](Oc2c(I)cc(CO)cc2OC)[C@H]1O. The van der Waals surface area contributed by atoms with Crippen molar-refractivity contribution in [2.75, 3.05) is 20.3 Å². The number of amides is 2. The Balaban J connectivity index is 2.03. The fourth-order valence-corrected chi connectivity index (χ4v) is 5.36. The van der Waals surface area contributed by atoms with Gasteiger partial charge in [0.2, 0.25) is 11.8 Å². The van der Waals surface area contributed by atoms with Crippen molar-refractivity contribution in [2.45, 2.75) is 50.7 Å². The fourth-order valence-electron chi connectivity index (χ4n) is 4.44. The molecule has 0 aliphatic heterocycles. The van der Waals surface area contributed by atoms with Gasteiger partial charge in [-0.2, -0.15) is 0 Å². The van der Waals surface area contributed by atoms with Crippen LogP contribution in [0, 0.1) is 3.57 Å². The van der Waals surface area contributed by atoms with Crippen LogP contribution in [0.25, 0.3) is 0 Å². The maximum absolute atomic E-state index is 13.5. The second-order valence-electron chi connectivity index (χ2n) is 9.26. The minimum atomic E-state index is -1.20. The summed E-state index contributed by atoms with van der Waals surface area (Å²) in [5.41, 5.74) is 1.74. The number of nitrogens with one attached hydrogen (secondary N) is 1. The zero-order valence-corrected chi connectivity index (χ0v) is 25.1. The van der Waals surface area contributed by atoms with Crippen molar-refractivity contribution >= 4 is 46.0 Å². The molecule has 0 fully saturated rings. The predicted molar refractivity (Wildman–Crippen MR) is 160 cm³/mol. The third-order valence-corrected chi connectivity index (χ3v) is 7.54. The van der Waals surface area contributed by atoms with E-state index in [2.05, 4.69) is 34.5 Å². The van der Waals surface area contributed by atoms with Gasteiger partial charge in [0.05, 0.1) is 29.9 Å². The van der Waals surface area contributed by atoms with Crippen LogP contribution in [0.2, 0.25) is 5.02 Å². The van der Waals surface area contributed by atoms with Crippen molar-refractivity contribution in [3.63, 3.8) is 0 Å². The molecule has 3 atom stereocenters. The summed E-state index contributed by atoms with van der Waals surface area (Å²) in [4.78, 5) is 28.1. The second kappa shape index (κ2) is 15.4. The molecule has 0 unspecified atom stereocenters. The highest BCUT2D eigenvalue weighted by atomic mass is 127. The van der Waals surface area contributed by atoms with E-state index in [1.54, 1.807) is 47.4 Å². The van der Waals surface area contributed by atoms with E-state index in [9.17, 15) is 24.9 Å². The lowest BCUT2D eigenvalue weighted by Gasteiger charge is -2.41. The van der Waals surface area contributed by atoms with Gasteiger partial charge >= 0.3 is 0 Å². The highest BCUT2D eigenvalue weighted by Crippen LogP contribution is 2.37. The minimum Gasteiger partial charge on any atom is -0.493 e. The number of carbonyl (C=O) groups excluding carboxylic acids is 2. The van der Waals surface area contributed by atoms with Crippen LogP contribution in [-0.2, 0) is 22.7 Å². The first-order chi connectivity index (χ1) is 19.2. The first-order valence-electron chi connectivity index (χ1n) is 12.8. The number of nitrogens with zero attached hydrogens (tertiary/aromatic N) is 1. The summed E-state index contributed by atoms with van der Waals surface area (Å²) in [5, 5.41) is 33.6. The van der Waals surface area contributed by atoms with Crippen molar-refractivity contribution in [3.8, 4) is 11.5 Å². The van der Waals surface area contributed by atoms with Gasteiger partial charge in [0.15, 0.2) is 11.5 Å². The third kappa shape index (κ3) is 8.20. The normalized spacial score (nSPS) is 18.4. The lowest BCUT2D eigenvalue weighted by molar-refractivity contribution is -0.139. The predicted octanol–water partition coefficient (Wildman–Crippen LogP) is 3.36. The topological polar surface area (TPSA) is 129 Å². The quantitative estimate of drug-likeness (QED) is 0.188. The lowest BCUT2D eigenvalue weighted by atomic mass is 9.87. The molecule has 216 valence electrons. The lowest BCUT2D eigenvalue weighted by Crippen LogP contribution is -2.54. The van der Waals surface area contributed by atoms with E-state index in [0.29, 0.717) is 37.6 Å². The van der Waals surface area contributed by atoms with Crippen LogP contribution < -0.4 is 14.8 Å². The average Bonchev–Trinajstić information content (AvgIpc) is 2.96. The molecule has 4 N–H and O–H groups in total. The fraction of sp³-hybridized carbons (Fsp3) is 0.379. The molecular weight excluding hydrogens is 651 g/mol. The van der Waals surface area contributed by atoms with Crippen molar-refractivity contribution in [3.05, 3.63) is 80.4 Å². The van der Waals surface area contributed by atoms with E-state index >= 15 is 0 Å². The Kier molecular flexibility index (Phi) is 12.3. The van der Waals surface area contributed by atoms with E-state index in [1.165, 1.54) is 13.2 Å². The second-order valence-corrected chi connectivity index (χ2v) is 10.9. The molecule has 9 nitrogen and oxygen atoms in total. The molecule has 0 bridgehead atoms. The number of allylic oxidation sites excluding steroid dienone is 1. The van der Waals surface area contributed by atoms with E-state index in [4.69, 9.17) is 21.1 Å². The maximum atomic E-state index is 13.5. The van der Waals surface area contributed by atoms with Gasteiger partial charge in [-0.05, 0) is 70.5 Å². The van der Waals surface area contributed by atoms with Crippen LogP contribution >= 0.6 is 34.2 Å². The van der Waals surface area contributed by atoms with Crippen LogP contribution in [0.5, 0.6) is 11.5 Å². The van der Waals surface area contributed by atoms with Gasteiger partial charge in [0, 0.05) is 36.5 Å². The van der Waals surface area contributed by atoms with Crippen LogP contribution in [0.15, 0.2) is 60.7 Å². The molecule has 0 aromatic heterocycles. The van der Waals surface area contributed by atoms with Crippen LogP contribution in [0.3, 0.4) is 0 Å². The molecule has 2 aromatic rings. The summed E-state index contributed by atoms with van der Waals surface area (Å²) in [5.74, 6) is 0.0413. The average molecular weight is 685 g/mol. The summed E-state index contributed by atoms with van der Waals surface area (Å²) in [6, 6.07) is 9.62. The Morgan fingerprint density at radius 3 is 2.58 bits per heavy atom. The molecule has 1 aliphatic rings. The number of hydrogen-bond acceptors (Lipinski definition) is 7. The Morgan fingerprint density at radius 1 is 1.23 bits per heavy atom. The number of benzene rings is 2. The van der Waals surface area contributed by atoms with E-state index in [1.807, 2.05) is 0 Å². The van der Waals surface area contributed by atoms with Gasteiger partial charge in [0.1, 0.15) is 12.2 Å². The third-order valence-electron chi connectivity index (χ3n) is 6.49. The van der Waals surface area contributed by atoms with Gasteiger partial charge in [0.25, 0.3) is 0 Å². The number of halogens is 2. The first-order valence-corrected chi connectivity index (χ1v) is 14.2. The Labute approximate surface area is 252 Å². The smallest absolute Gasteiger partial charge is 0.247 e. The van der Waals surface area contributed by atoms with Crippen LogP contribution in [-0.4, -0.2) is 70.5 Å². The van der Waals surface area contributed by atoms with Gasteiger partial charge in [-0.15, -0.1) is 6.58 Å². The number of rotatable bonds is 13. The van der Waals surface area contributed by atoms with Gasteiger partial charge in [-0.1, -0.05) is 29.8 Å². The molecule has 40 heavy (non-hydrogen) atoms. The molecule has 0 spiro atoms. The largest absolute Gasteiger partial charge is 0.493 e. The van der Waals surface area contributed by atoms with Gasteiger partial charge < -0.3 is 35.0 Å². The maximum Gasteiger partial charge on any atom is 0.247 e. The number of aliphatic hydroxyl groups excluding tert-OH is 3. The Morgan fingerprint density at radius 2 is 1.95 bits per heavy atom. The van der Waals surface area contributed by atoms with Crippen molar-refractivity contribution in [2.24, 2.45) is 0 Å². The molecule has 1 aliphatic carbocycles. The standard InChI is InChI=1S/C29H34ClIN2O7/c1-3-4-5-26(36)33(16-18-6-8-21(30)9-7-18)23-14-20(29(38)32-10-11-34)15-24(27(23)37)40-28-22(31)12-19(17-35)13-25(28)39-2/h3,6-9,12-13,15,23-24,27,34-35,37H,1,4-5,10-11,14,16-17H2,2H3,(H,32,38)/t23-,24+,27+/m1/s1. The molecule has 0 heterocycles. The number of carbonyl (C=O) groups is 2. The summed E-state index contributed by atoms with van der Waals surface area (Å²) in [7, 11) is 1.47. The minimum absolute atomic E-state index is 0.0516. The first kappa shape index (κ1) is 31.9. The van der Waals surface area contributed by atoms with Gasteiger partial charge in [-0.3, -0.25) is 9.59 Å². The zero-order chi connectivity index (χ0) is 29.2. The summed E-state index contributed by atoms with van der Waals surface area (Å²) in [6.07, 6.45) is 1.67. The van der Waals surface area contributed by atoms with Crippen molar-refractivity contribution in [1.82, 2.24) is 10.2 Å². The van der Waals surface area contributed by atoms with Crippen LogP contribution in [0.1, 0.15) is 30.4 Å². The van der Waals surface area contributed by atoms with Crippen LogP contribution in [0.4, 0.5) is 0 Å². The highest BCUT2D eigenvalue weighted by Gasteiger charge is 2.40. The number of methoxy groups -OCH3 is 1. The number of aliphatic hydroxyl groups is 3. The molecule has 11 heteroatoms. The summed E-state index contributed by atoms with van der Waals surface area (Å²) >= 11 is 8.11. The van der Waals surface area contributed by atoms with Gasteiger partial charge in [-0.25, -0.2) is 0 Å². The highest BCUT2D eigenvalue weighted by molar-refractivity contribution is 14.1. The molecule has 2 amide bonds. The van der Waals surface area contributed by atoms with Crippen molar-refractivity contribution in [1.29, 1.82) is 0 Å². The molecule has 3 rings (SSSR count). The Bertz CT molecular complexity index is 1220. The Hall–Kier alpha value is -2.64. The zero-order valence-electron chi connectivity index (χ0n) is 22.2. The molecule has 0 saturated heterocycles. The molecular formula is C29H34ClIN2O7. The number of hydrogen-bond donors (Lipinski definition) is 4.